The molecular weight excluding hydrogens is 402 g/mol. The van der Waals surface area contributed by atoms with Crippen molar-refractivity contribution < 1.29 is 17.9 Å². The first-order chi connectivity index (χ1) is 14.5. The molecule has 0 aliphatic carbocycles. The summed E-state index contributed by atoms with van der Waals surface area (Å²) in [6.07, 6.45) is 1.57. The van der Waals surface area contributed by atoms with Crippen LogP contribution in [-0.4, -0.2) is 36.7 Å². The van der Waals surface area contributed by atoms with E-state index < -0.39 is 15.9 Å². The lowest BCUT2D eigenvalue weighted by Gasteiger charge is -2.18. The molecule has 8 heteroatoms. The van der Waals surface area contributed by atoms with Crippen molar-refractivity contribution in [2.24, 2.45) is 0 Å². The Morgan fingerprint density at radius 2 is 1.63 bits per heavy atom. The zero-order chi connectivity index (χ0) is 21.6. The maximum Gasteiger partial charge on any atom is 0.255 e. The van der Waals surface area contributed by atoms with Crippen LogP contribution in [0, 0.1) is 0 Å². The highest BCUT2D eigenvalue weighted by atomic mass is 32.2. The van der Waals surface area contributed by atoms with Gasteiger partial charge in [0.2, 0.25) is 15.9 Å². The normalized spacial score (nSPS) is 11.3. The number of nitrogens with one attached hydrogen (secondary N) is 1. The van der Waals surface area contributed by atoms with Crippen LogP contribution in [0.15, 0.2) is 77.8 Å². The van der Waals surface area contributed by atoms with Gasteiger partial charge in [-0.15, -0.1) is 0 Å². The molecule has 0 saturated heterocycles. The van der Waals surface area contributed by atoms with Crippen LogP contribution in [0.5, 0.6) is 11.6 Å². The van der Waals surface area contributed by atoms with Crippen LogP contribution in [0.4, 0.5) is 5.69 Å². The van der Waals surface area contributed by atoms with Crippen molar-refractivity contribution in [3.05, 3.63) is 78.5 Å². The maximum atomic E-state index is 12.7. The molecule has 0 bridgehead atoms. The van der Waals surface area contributed by atoms with Gasteiger partial charge >= 0.3 is 0 Å². The third-order valence-corrected chi connectivity index (χ3v) is 6.50. The fourth-order valence-corrected chi connectivity index (χ4v) is 4.31. The van der Waals surface area contributed by atoms with Crippen LogP contribution < -0.4 is 10.1 Å². The third kappa shape index (κ3) is 4.84. The molecule has 1 aromatic heterocycles. The van der Waals surface area contributed by atoms with Gasteiger partial charge in [-0.05, 0) is 48.5 Å². The van der Waals surface area contributed by atoms with E-state index >= 15 is 0 Å². The smallest absolute Gasteiger partial charge is 0.255 e. The quantitative estimate of drug-likeness (QED) is 0.585. The van der Waals surface area contributed by atoms with Crippen molar-refractivity contribution in [1.82, 2.24) is 9.29 Å². The second kappa shape index (κ2) is 9.51. The molecule has 1 N–H and O–H groups in total. The van der Waals surface area contributed by atoms with Gasteiger partial charge in [0.1, 0.15) is 11.4 Å². The first-order valence-corrected chi connectivity index (χ1v) is 11.0. The minimum atomic E-state index is -3.57. The molecule has 156 valence electrons. The summed E-state index contributed by atoms with van der Waals surface area (Å²) in [7, 11) is -3.57. The van der Waals surface area contributed by atoms with Crippen LogP contribution >= 0.6 is 0 Å². The van der Waals surface area contributed by atoms with E-state index in [0.29, 0.717) is 30.1 Å². The molecule has 2 aromatic carbocycles. The summed E-state index contributed by atoms with van der Waals surface area (Å²) in [5.41, 5.74) is 0.731. The second-order valence-electron chi connectivity index (χ2n) is 6.34. The highest BCUT2D eigenvalue weighted by Crippen LogP contribution is 2.27. The molecule has 0 radical (unpaired) electrons. The van der Waals surface area contributed by atoms with Crippen LogP contribution in [-0.2, 0) is 10.0 Å². The highest BCUT2D eigenvalue weighted by molar-refractivity contribution is 7.89. The van der Waals surface area contributed by atoms with Gasteiger partial charge in [-0.25, -0.2) is 13.4 Å². The Morgan fingerprint density at radius 1 is 0.967 bits per heavy atom. The maximum absolute atomic E-state index is 12.7. The van der Waals surface area contributed by atoms with Gasteiger partial charge in [0.15, 0.2) is 0 Å². The number of sulfonamides is 1. The summed E-state index contributed by atoms with van der Waals surface area (Å²) in [5.74, 6) is 0.461. The lowest BCUT2D eigenvalue weighted by molar-refractivity contribution is 0.102. The topological polar surface area (TPSA) is 88.6 Å². The highest BCUT2D eigenvalue weighted by Gasteiger charge is 2.22. The van der Waals surface area contributed by atoms with Crippen molar-refractivity contribution in [3.63, 3.8) is 0 Å². The van der Waals surface area contributed by atoms with Crippen molar-refractivity contribution in [2.75, 3.05) is 18.4 Å². The number of rotatable bonds is 8. The van der Waals surface area contributed by atoms with E-state index in [9.17, 15) is 13.2 Å². The number of benzene rings is 2. The van der Waals surface area contributed by atoms with Gasteiger partial charge in [0.25, 0.3) is 5.91 Å². The number of aromatic nitrogens is 1. The number of hydrogen-bond acceptors (Lipinski definition) is 5. The number of carbonyl (C=O) groups is 1. The molecule has 0 saturated carbocycles. The Bertz CT molecular complexity index is 1100. The molecule has 1 amide bonds. The number of nitrogens with zero attached hydrogens (tertiary/aromatic N) is 2. The molecule has 0 unspecified atom stereocenters. The van der Waals surface area contributed by atoms with Gasteiger partial charge < -0.3 is 10.1 Å². The average Bonchev–Trinajstić information content (AvgIpc) is 2.76. The zero-order valence-corrected chi connectivity index (χ0v) is 17.6. The number of ether oxygens (including phenoxy) is 1. The Morgan fingerprint density at radius 3 is 2.27 bits per heavy atom. The molecule has 0 aliphatic rings. The number of para-hydroxylation sites is 1. The van der Waals surface area contributed by atoms with Gasteiger partial charge in [-0.1, -0.05) is 32.0 Å². The predicted molar refractivity (Wildman–Crippen MR) is 115 cm³/mol. The molecular formula is C22H23N3O4S. The van der Waals surface area contributed by atoms with Gasteiger partial charge in [0.05, 0.1) is 4.90 Å². The van der Waals surface area contributed by atoms with E-state index in [1.807, 2.05) is 18.2 Å². The van der Waals surface area contributed by atoms with Gasteiger partial charge in [0, 0.05) is 24.8 Å². The lowest BCUT2D eigenvalue weighted by Crippen LogP contribution is -2.30. The summed E-state index contributed by atoms with van der Waals surface area (Å²) < 4.78 is 32.3. The molecule has 7 nitrogen and oxygen atoms in total. The molecule has 0 atom stereocenters. The third-order valence-electron chi connectivity index (χ3n) is 4.44. The minimum Gasteiger partial charge on any atom is -0.437 e. The summed E-state index contributed by atoms with van der Waals surface area (Å²) in [5, 5.41) is 2.76. The van der Waals surface area contributed by atoms with E-state index in [0.717, 1.165) is 0 Å². The zero-order valence-electron chi connectivity index (χ0n) is 16.8. The Balaban J connectivity index is 1.77. The fraction of sp³-hybridized carbons (Fsp3) is 0.182. The van der Waals surface area contributed by atoms with Crippen molar-refractivity contribution in [3.8, 4) is 11.6 Å². The first-order valence-electron chi connectivity index (χ1n) is 9.55. The lowest BCUT2D eigenvalue weighted by atomic mass is 10.2. The van der Waals surface area contributed by atoms with E-state index in [-0.39, 0.29) is 10.8 Å². The van der Waals surface area contributed by atoms with E-state index in [4.69, 9.17) is 4.74 Å². The van der Waals surface area contributed by atoms with E-state index in [1.165, 1.54) is 28.6 Å². The Kier molecular flexibility index (Phi) is 6.81. The van der Waals surface area contributed by atoms with Gasteiger partial charge in [-0.2, -0.15) is 4.31 Å². The van der Waals surface area contributed by atoms with Crippen molar-refractivity contribution >= 4 is 21.6 Å². The largest absolute Gasteiger partial charge is 0.437 e. The monoisotopic (exact) mass is 425 g/mol. The SMILES string of the molecule is CCN(CC)S(=O)(=O)c1ccc(C(=O)Nc2cccnc2Oc2ccccc2)cc1. The first kappa shape index (κ1) is 21.5. The van der Waals surface area contributed by atoms with E-state index in [1.54, 1.807) is 44.3 Å². The average molecular weight is 426 g/mol. The number of anilines is 1. The minimum absolute atomic E-state index is 0.150. The standard InChI is InChI=1S/C22H23N3O4S/c1-3-25(4-2)30(27,28)19-14-12-17(13-15-19)21(26)24-20-11-8-16-23-22(20)29-18-9-6-5-7-10-18/h5-16H,3-4H2,1-2H3,(H,24,26). The molecule has 30 heavy (non-hydrogen) atoms. The molecule has 3 rings (SSSR count). The fourth-order valence-electron chi connectivity index (χ4n) is 2.85. The number of carbonyl (C=O) groups excluding carboxylic acids is 1. The predicted octanol–water partition coefficient (Wildman–Crippen LogP) is 4.16. The van der Waals surface area contributed by atoms with Crippen LogP contribution in [0.3, 0.4) is 0 Å². The van der Waals surface area contributed by atoms with Crippen molar-refractivity contribution in [2.45, 2.75) is 18.7 Å². The summed E-state index contributed by atoms with van der Waals surface area (Å²) in [6, 6.07) is 18.3. The van der Waals surface area contributed by atoms with Gasteiger partial charge in [-0.3, -0.25) is 4.79 Å². The van der Waals surface area contributed by atoms with Crippen LogP contribution in [0.1, 0.15) is 24.2 Å². The molecule has 1 heterocycles. The molecule has 0 aliphatic heterocycles. The summed E-state index contributed by atoms with van der Waals surface area (Å²) >= 11 is 0. The van der Waals surface area contributed by atoms with Crippen LogP contribution in [0.25, 0.3) is 0 Å². The van der Waals surface area contributed by atoms with E-state index in [2.05, 4.69) is 10.3 Å². The number of hydrogen-bond donors (Lipinski definition) is 1. The molecule has 3 aromatic rings. The Labute approximate surface area is 176 Å². The number of amides is 1. The molecule has 0 spiro atoms. The molecule has 0 fully saturated rings. The Hall–Kier alpha value is -3.23. The summed E-state index contributed by atoms with van der Waals surface area (Å²) in [4.78, 5) is 17.0. The summed E-state index contributed by atoms with van der Waals surface area (Å²) in [6.45, 7) is 4.33. The van der Waals surface area contributed by atoms with Crippen LogP contribution in [0.2, 0.25) is 0 Å². The second-order valence-corrected chi connectivity index (χ2v) is 8.28. The number of pyridine rings is 1. The van der Waals surface area contributed by atoms with Crippen molar-refractivity contribution in [1.29, 1.82) is 0 Å².